The molecule has 0 spiro atoms. The first-order valence-corrected chi connectivity index (χ1v) is 12.8. The molecule has 3 aromatic rings. The Balaban J connectivity index is 1.90. The lowest BCUT2D eigenvalue weighted by Crippen LogP contribution is -2.29. The Morgan fingerprint density at radius 2 is 1.89 bits per heavy atom. The predicted octanol–water partition coefficient (Wildman–Crippen LogP) is 5.30. The van der Waals surface area contributed by atoms with Crippen molar-refractivity contribution < 1.29 is 29.0 Å². The number of benzene rings is 2. The molecule has 1 atom stereocenters. The van der Waals surface area contributed by atoms with E-state index < -0.39 is 23.7 Å². The number of anilines is 1. The van der Waals surface area contributed by atoms with Gasteiger partial charge < -0.3 is 14.6 Å². The molecule has 1 N–H and O–H groups in total. The fourth-order valence-corrected chi connectivity index (χ4v) is 5.32. The van der Waals surface area contributed by atoms with E-state index in [1.807, 2.05) is 31.2 Å². The molecule has 38 heavy (non-hydrogen) atoms. The number of aromatic nitrogens is 1. The first-order chi connectivity index (χ1) is 18.2. The predicted molar refractivity (Wildman–Crippen MR) is 146 cm³/mol. The minimum atomic E-state index is -0.954. The minimum Gasteiger partial charge on any atom is -0.507 e. The number of Topliss-reactive ketones (excluding diaryl/α,β-unsaturated/α-hetero) is 1. The van der Waals surface area contributed by atoms with Crippen LogP contribution in [0.2, 0.25) is 0 Å². The Morgan fingerprint density at radius 3 is 2.50 bits per heavy atom. The van der Waals surface area contributed by atoms with E-state index in [1.54, 1.807) is 32.0 Å². The quantitative estimate of drug-likeness (QED) is 0.138. The highest BCUT2D eigenvalue weighted by Gasteiger charge is 2.48. The summed E-state index contributed by atoms with van der Waals surface area (Å²) in [7, 11) is 1.54. The minimum absolute atomic E-state index is 0.0288. The summed E-state index contributed by atoms with van der Waals surface area (Å²) in [6.45, 7) is 9.01. The number of amides is 1. The molecule has 0 unspecified atom stereocenters. The molecule has 0 saturated carbocycles. The van der Waals surface area contributed by atoms with Gasteiger partial charge in [-0.2, -0.15) is 0 Å². The first-order valence-electron chi connectivity index (χ1n) is 12.0. The second-order valence-electron chi connectivity index (χ2n) is 8.74. The number of carbonyl (C=O) groups excluding carboxylic acids is 3. The molecular weight excluding hydrogens is 504 g/mol. The van der Waals surface area contributed by atoms with Gasteiger partial charge in [0.1, 0.15) is 23.0 Å². The lowest BCUT2D eigenvalue weighted by Gasteiger charge is -2.23. The van der Waals surface area contributed by atoms with E-state index in [1.165, 1.54) is 18.1 Å². The summed E-state index contributed by atoms with van der Waals surface area (Å²) in [6.07, 6.45) is 2.27. The molecule has 1 aromatic heterocycles. The zero-order valence-corrected chi connectivity index (χ0v) is 22.4. The van der Waals surface area contributed by atoms with Gasteiger partial charge in [-0.15, -0.1) is 0 Å². The number of carbonyl (C=O) groups is 3. The van der Waals surface area contributed by atoms with Crippen LogP contribution < -0.4 is 9.64 Å². The number of aliphatic hydroxyl groups is 1. The summed E-state index contributed by atoms with van der Waals surface area (Å²) in [5.74, 6) is -1.98. The SMILES string of the molecule is C=CCOC(=O)c1sc(N2C(=O)C(=O)/C(=C(/O)c3ccc(OC)cc3C)[C@H]2c2ccc(CC)cc2)nc1C. The van der Waals surface area contributed by atoms with E-state index >= 15 is 0 Å². The standard InChI is InChI=1S/C29H28N2O6S/c1-6-14-37-28(35)26-17(4)30-29(38-26)31-23(19-10-8-18(7-2)9-11-19)22(25(33)27(31)34)24(32)21-13-12-20(36-5)15-16(21)3/h6,8-13,15,23,32H,1,7,14H2,2-5H3/b24-22+/t23-/m1/s1. The summed E-state index contributed by atoms with van der Waals surface area (Å²) in [5, 5.41) is 11.6. The van der Waals surface area contributed by atoms with Gasteiger partial charge in [0, 0.05) is 5.56 Å². The Hall–Kier alpha value is -4.24. The number of ether oxygens (including phenoxy) is 2. The highest BCUT2D eigenvalue weighted by molar-refractivity contribution is 7.17. The molecule has 2 aromatic carbocycles. The number of rotatable bonds is 8. The van der Waals surface area contributed by atoms with Crippen LogP contribution in [-0.4, -0.2) is 41.5 Å². The highest BCUT2D eigenvalue weighted by Crippen LogP contribution is 2.44. The Kier molecular flexibility index (Phi) is 7.78. The molecule has 1 aliphatic heterocycles. The van der Waals surface area contributed by atoms with Crippen molar-refractivity contribution >= 4 is 39.9 Å². The topological polar surface area (TPSA) is 106 Å². The number of esters is 1. The lowest BCUT2D eigenvalue weighted by molar-refractivity contribution is -0.132. The molecule has 1 amide bonds. The van der Waals surface area contributed by atoms with Gasteiger partial charge >= 0.3 is 11.9 Å². The molecule has 8 nitrogen and oxygen atoms in total. The number of aliphatic hydroxyl groups excluding tert-OH is 1. The molecule has 196 valence electrons. The van der Waals surface area contributed by atoms with E-state index in [4.69, 9.17) is 9.47 Å². The van der Waals surface area contributed by atoms with Gasteiger partial charge in [-0.05, 0) is 55.2 Å². The van der Waals surface area contributed by atoms with Crippen LogP contribution in [-0.2, 0) is 20.7 Å². The van der Waals surface area contributed by atoms with Crippen molar-refractivity contribution in [3.05, 3.63) is 93.5 Å². The first kappa shape index (κ1) is 26.8. The normalized spacial score (nSPS) is 16.5. The monoisotopic (exact) mass is 532 g/mol. The average Bonchev–Trinajstić information content (AvgIpc) is 3.43. The van der Waals surface area contributed by atoms with Crippen LogP contribution in [0.3, 0.4) is 0 Å². The Bertz CT molecular complexity index is 1450. The van der Waals surface area contributed by atoms with Crippen LogP contribution in [0, 0.1) is 13.8 Å². The number of aryl methyl sites for hydroxylation is 3. The number of thiazole rings is 1. The number of ketones is 1. The zero-order valence-electron chi connectivity index (χ0n) is 21.6. The third kappa shape index (κ3) is 4.84. The van der Waals surface area contributed by atoms with Gasteiger partial charge in [0.15, 0.2) is 5.13 Å². The van der Waals surface area contributed by atoms with E-state index in [0.717, 1.165) is 23.3 Å². The van der Waals surface area contributed by atoms with E-state index in [2.05, 4.69) is 11.6 Å². The molecule has 1 saturated heterocycles. The fraction of sp³-hybridized carbons (Fsp3) is 0.241. The number of methoxy groups -OCH3 is 1. The molecule has 9 heteroatoms. The largest absolute Gasteiger partial charge is 0.507 e. The molecule has 0 radical (unpaired) electrons. The second-order valence-corrected chi connectivity index (χ2v) is 9.72. The van der Waals surface area contributed by atoms with Crippen LogP contribution in [0.15, 0.2) is 60.7 Å². The molecular formula is C29H28N2O6S. The van der Waals surface area contributed by atoms with E-state index in [-0.39, 0.29) is 27.9 Å². The molecule has 0 bridgehead atoms. The molecule has 4 rings (SSSR count). The molecule has 0 aliphatic carbocycles. The fourth-order valence-electron chi connectivity index (χ4n) is 4.33. The number of nitrogens with zero attached hydrogens (tertiary/aromatic N) is 2. The van der Waals surface area contributed by atoms with E-state index in [0.29, 0.717) is 28.1 Å². The highest BCUT2D eigenvalue weighted by atomic mass is 32.1. The maximum Gasteiger partial charge on any atom is 0.350 e. The van der Waals surface area contributed by atoms with Gasteiger partial charge in [0.25, 0.3) is 5.78 Å². The maximum atomic E-state index is 13.5. The van der Waals surface area contributed by atoms with Crippen molar-refractivity contribution in [3.8, 4) is 5.75 Å². The maximum absolute atomic E-state index is 13.5. The third-order valence-electron chi connectivity index (χ3n) is 6.35. The smallest absolute Gasteiger partial charge is 0.350 e. The van der Waals surface area contributed by atoms with Crippen molar-refractivity contribution in [2.24, 2.45) is 0 Å². The van der Waals surface area contributed by atoms with Crippen molar-refractivity contribution in [2.45, 2.75) is 33.2 Å². The summed E-state index contributed by atoms with van der Waals surface area (Å²) in [4.78, 5) is 45.4. The number of hydrogen-bond acceptors (Lipinski definition) is 8. The summed E-state index contributed by atoms with van der Waals surface area (Å²) in [6, 6.07) is 11.6. The van der Waals surface area contributed by atoms with Crippen LogP contribution in [0.25, 0.3) is 5.76 Å². The Labute approximate surface area is 224 Å². The van der Waals surface area contributed by atoms with Crippen LogP contribution in [0.1, 0.15) is 50.6 Å². The van der Waals surface area contributed by atoms with Crippen LogP contribution in [0.4, 0.5) is 5.13 Å². The molecule has 1 fully saturated rings. The summed E-state index contributed by atoms with van der Waals surface area (Å²) in [5.41, 5.74) is 3.09. The Morgan fingerprint density at radius 1 is 1.18 bits per heavy atom. The van der Waals surface area contributed by atoms with Crippen LogP contribution >= 0.6 is 11.3 Å². The van der Waals surface area contributed by atoms with E-state index in [9.17, 15) is 19.5 Å². The summed E-state index contributed by atoms with van der Waals surface area (Å²) < 4.78 is 10.4. The van der Waals surface area contributed by atoms with Gasteiger partial charge in [0.2, 0.25) is 0 Å². The second kappa shape index (κ2) is 11.0. The van der Waals surface area contributed by atoms with Gasteiger partial charge in [-0.25, -0.2) is 9.78 Å². The van der Waals surface area contributed by atoms with Crippen molar-refractivity contribution in [3.63, 3.8) is 0 Å². The van der Waals surface area contributed by atoms with Gasteiger partial charge in [-0.1, -0.05) is 55.2 Å². The lowest BCUT2D eigenvalue weighted by atomic mass is 9.93. The van der Waals surface area contributed by atoms with Crippen molar-refractivity contribution in [1.29, 1.82) is 0 Å². The van der Waals surface area contributed by atoms with Gasteiger partial charge in [0.05, 0.1) is 24.4 Å². The van der Waals surface area contributed by atoms with Crippen LogP contribution in [0.5, 0.6) is 5.75 Å². The van der Waals surface area contributed by atoms with Crippen molar-refractivity contribution in [2.75, 3.05) is 18.6 Å². The average molecular weight is 533 g/mol. The number of hydrogen-bond donors (Lipinski definition) is 1. The third-order valence-corrected chi connectivity index (χ3v) is 7.48. The summed E-state index contributed by atoms with van der Waals surface area (Å²) >= 11 is 0.957. The molecule has 1 aliphatic rings. The van der Waals surface area contributed by atoms with Gasteiger partial charge in [-0.3, -0.25) is 14.5 Å². The van der Waals surface area contributed by atoms with Crippen molar-refractivity contribution in [1.82, 2.24) is 4.98 Å². The zero-order chi connectivity index (χ0) is 27.6. The molecule has 2 heterocycles.